The maximum Gasteiger partial charge on any atom is 0.355 e. The van der Waals surface area contributed by atoms with Crippen LogP contribution in [0.25, 0.3) is 11.3 Å². The van der Waals surface area contributed by atoms with Crippen molar-refractivity contribution in [2.45, 2.75) is 13.5 Å². The van der Waals surface area contributed by atoms with Crippen molar-refractivity contribution in [3.63, 3.8) is 0 Å². The molecule has 0 saturated carbocycles. The summed E-state index contributed by atoms with van der Waals surface area (Å²) in [5, 5.41) is 13.5. The molecule has 4 nitrogen and oxygen atoms in total. The van der Waals surface area contributed by atoms with Crippen LogP contribution in [0, 0.1) is 3.57 Å². The van der Waals surface area contributed by atoms with Crippen LogP contribution in [0.4, 0.5) is 0 Å². The SMILES string of the molecule is CCn1nc(-c2ccccc2)c(I)c1C(=O)O. The zero-order valence-corrected chi connectivity index (χ0v) is 11.4. The van der Waals surface area contributed by atoms with E-state index >= 15 is 0 Å². The van der Waals surface area contributed by atoms with Crippen LogP contribution in [0.15, 0.2) is 30.3 Å². The summed E-state index contributed by atoms with van der Waals surface area (Å²) < 4.78 is 2.20. The smallest absolute Gasteiger partial charge is 0.355 e. The minimum Gasteiger partial charge on any atom is -0.476 e. The van der Waals surface area contributed by atoms with Gasteiger partial charge >= 0.3 is 5.97 Å². The Hall–Kier alpha value is -1.37. The maximum atomic E-state index is 11.2. The van der Waals surface area contributed by atoms with E-state index in [2.05, 4.69) is 5.10 Å². The van der Waals surface area contributed by atoms with Crippen molar-refractivity contribution in [1.29, 1.82) is 0 Å². The Morgan fingerprint density at radius 1 is 1.41 bits per heavy atom. The van der Waals surface area contributed by atoms with Gasteiger partial charge < -0.3 is 5.11 Å². The third-order valence-electron chi connectivity index (χ3n) is 2.44. The highest BCUT2D eigenvalue weighted by Gasteiger charge is 2.21. The van der Waals surface area contributed by atoms with Crippen LogP contribution in [-0.4, -0.2) is 20.9 Å². The fourth-order valence-corrected chi connectivity index (χ4v) is 2.58. The molecule has 88 valence electrons. The molecule has 17 heavy (non-hydrogen) atoms. The topological polar surface area (TPSA) is 55.1 Å². The molecule has 2 rings (SSSR count). The van der Waals surface area contributed by atoms with Crippen molar-refractivity contribution in [1.82, 2.24) is 9.78 Å². The first kappa shape index (κ1) is 12.1. The van der Waals surface area contributed by atoms with Gasteiger partial charge in [0.1, 0.15) is 5.69 Å². The number of aryl methyl sites for hydroxylation is 1. The highest BCUT2D eigenvalue weighted by atomic mass is 127. The van der Waals surface area contributed by atoms with Crippen molar-refractivity contribution in [3.8, 4) is 11.3 Å². The monoisotopic (exact) mass is 342 g/mol. The van der Waals surface area contributed by atoms with E-state index in [1.54, 1.807) is 0 Å². The van der Waals surface area contributed by atoms with E-state index in [0.717, 1.165) is 11.3 Å². The Labute approximate surface area is 112 Å². The number of carboxylic acids is 1. The summed E-state index contributed by atoms with van der Waals surface area (Å²) in [6.45, 7) is 2.43. The Balaban J connectivity index is 2.61. The van der Waals surface area contributed by atoms with Crippen LogP contribution >= 0.6 is 22.6 Å². The number of benzene rings is 1. The minimum absolute atomic E-state index is 0.256. The van der Waals surface area contributed by atoms with Gasteiger partial charge in [-0.05, 0) is 29.5 Å². The largest absolute Gasteiger partial charge is 0.476 e. The summed E-state index contributed by atoms with van der Waals surface area (Å²) in [6, 6.07) is 9.60. The number of nitrogens with zero attached hydrogens (tertiary/aromatic N) is 2. The van der Waals surface area contributed by atoms with E-state index in [4.69, 9.17) is 0 Å². The van der Waals surface area contributed by atoms with Crippen molar-refractivity contribution in [3.05, 3.63) is 39.6 Å². The van der Waals surface area contributed by atoms with Crippen LogP contribution in [0.3, 0.4) is 0 Å². The molecule has 1 heterocycles. The summed E-state index contributed by atoms with van der Waals surface area (Å²) in [7, 11) is 0. The van der Waals surface area contributed by atoms with E-state index in [1.165, 1.54) is 4.68 Å². The van der Waals surface area contributed by atoms with E-state index < -0.39 is 5.97 Å². The predicted octanol–water partition coefficient (Wildman–Crippen LogP) is 2.87. The molecule has 0 bridgehead atoms. The highest BCUT2D eigenvalue weighted by molar-refractivity contribution is 14.1. The number of rotatable bonds is 3. The minimum atomic E-state index is -0.939. The average molecular weight is 342 g/mol. The molecular weight excluding hydrogens is 331 g/mol. The lowest BCUT2D eigenvalue weighted by molar-refractivity contribution is 0.0682. The van der Waals surface area contributed by atoms with Gasteiger partial charge in [0.25, 0.3) is 0 Å². The van der Waals surface area contributed by atoms with Gasteiger partial charge in [-0.15, -0.1) is 0 Å². The van der Waals surface area contributed by atoms with Crippen LogP contribution in [0.1, 0.15) is 17.4 Å². The lowest BCUT2D eigenvalue weighted by Crippen LogP contribution is -2.09. The van der Waals surface area contributed by atoms with Gasteiger partial charge in [0.15, 0.2) is 5.69 Å². The van der Waals surface area contributed by atoms with Gasteiger partial charge in [-0.2, -0.15) is 5.10 Å². The number of aromatic nitrogens is 2. The van der Waals surface area contributed by atoms with Crippen LogP contribution in [0.5, 0.6) is 0 Å². The molecular formula is C12H11IN2O2. The standard InChI is InChI=1S/C12H11IN2O2/c1-2-15-11(12(16)17)9(13)10(14-15)8-6-4-3-5-7-8/h3-7H,2H2,1H3,(H,16,17). The second-order valence-electron chi connectivity index (χ2n) is 3.50. The average Bonchev–Trinajstić information content (AvgIpc) is 2.67. The van der Waals surface area contributed by atoms with Gasteiger partial charge in [0.2, 0.25) is 0 Å². The summed E-state index contributed by atoms with van der Waals surface area (Å²) in [5.41, 5.74) is 1.92. The first-order valence-electron chi connectivity index (χ1n) is 5.20. The summed E-state index contributed by atoms with van der Waals surface area (Å²) >= 11 is 2.04. The summed E-state index contributed by atoms with van der Waals surface area (Å²) in [6.07, 6.45) is 0. The number of hydrogen-bond acceptors (Lipinski definition) is 2. The Bertz CT molecular complexity index is 549. The third-order valence-corrected chi connectivity index (χ3v) is 3.47. The van der Waals surface area contributed by atoms with Gasteiger partial charge in [-0.1, -0.05) is 30.3 Å². The molecule has 0 unspecified atom stereocenters. The molecule has 0 spiro atoms. The first-order valence-corrected chi connectivity index (χ1v) is 6.28. The second kappa shape index (κ2) is 4.87. The molecule has 0 fully saturated rings. The first-order chi connectivity index (χ1) is 8.15. The maximum absolute atomic E-state index is 11.2. The van der Waals surface area contributed by atoms with Gasteiger partial charge in [0.05, 0.1) is 3.57 Å². The lowest BCUT2D eigenvalue weighted by Gasteiger charge is -1.98. The lowest BCUT2D eigenvalue weighted by atomic mass is 10.1. The second-order valence-corrected chi connectivity index (χ2v) is 4.58. The van der Waals surface area contributed by atoms with Crippen LogP contribution in [-0.2, 0) is 6.54 Å². The molecule has 0 amide bonds. The zero-order chi connectivity index (χ0) is 12.4. The number of hydrogen-bond donors (Lipinski definition) is 1. The fourth-order valence-electron chi connectivity index (χ4n) is 1.65. The Morgan fingerprint density at radius 3 is 2.53 bits per heavy atom. The van der Waals surface area contributed by atoms with Gasteiger partial charge in [0, 0.05) is 12.1 Å². The number of carboxylic acid groups (broad SMARTS) is 1. The molecule has 2 aromatic rings. The molecule has 0 radical (unpaired) electrons. The Kier molecular flexibility index (Phi) is 3.46. The Morgan fingerprint density at radius 2 is 2.06 bits per heavy atom. The summed E-state index contributed by atoms with van der Waals surface area (Å²) in [4.78, 5) is 11.2. The predicted molar refractivity (Wildman–Crippen MR) is 73.0 cm³/mol. The normalized spacial score (nSPS) is 10.5. The van der Waals surface area contributed by atoms with Crippen LogP contribution in [0.2, 0.25) is 0 Å². The fraction of sp³-hybridized carbons (Fsp3) is 0.167. The molecule has 0 atom stereocenters. The van der Waals surface area contributed by atoms with E-state index in [9.17, 15) is 9.90 Å². The number of carbonyl (C=O) groups is 1. The summed E-state index contributed by atoms with van der Waals surface area (Å²) in [5.74, 6) is -0.939. The van der Waals surface area contributed by atoms with Crippen molar-refractivity contribution in [2.75, 3.05) is 0 Å². The highest BCUT2D eigenvalue weighted by Crippen LogP contribution is 2.26. The number of halogens is 1. The van der Waals surface area contributed by atoms with E-state index in [1.807, 2.05) is 59.8 Å². The molecule has 0 aliphatic rings. The van der Waals surface area contributed by atoms with E-state index in [-0.39, 0.29) is 5.69 Å². The third kappa shape index (κ3) is 2.19. The molecule has 1 aromatic carbocycles. The van der Waals surface area contributed by atoms with E-state index in [0.29, 0.717) is 10.1 Å². The zero-order valence-electron chi connectivity index (χ0n) is 9.22. The van der Waals surface area contributed by atoms with Crippen molar-refractivity contribution >= 4 is 28.6 Å². The van der Waals surface area contributed by atoms with Gasteiger partial charge in [-0.25, -0.2) is 4.79 Å². The molecule has 0 aliphatic carbocycles. The number of aromatic carboxylic acids is 1. The van der Waals surface area contributed by atoms with Crippen molar-refractivity contribution in [2.24, 2.45) is 0 Å². The van der Waals surface area contributed by atoms with Crippen LogP contribution < -0.4 is 0 Å². The molecule has 0 saturated heterocycles. The van der Waals surface area contributed by atoms with Crippen molar-refractivity contribution < 1.29 is 9.90 Å². The van der Waals surface area contributed by atoms with Gasteiger partial charge in [-0.3, -0.25) is 4.68 Å². The molecule has 5 heteroatoms. The molecule has 1 N–H and O–H groups in total. The molecule has 0 aliphatic heterocycles. The quantitative estimate of drug-likeness (QED) is 0.873. The molecule has 1 aromatic heterocycles.